The highest BCUT2D eigenvalue weighted by atomic mass is 35.5. The molecule has 0 fully saturated rings. The number of hydrogen-bond acceptors (Lipinski definition) is 5. The fourth-order valence-corrected chi connectivity index (χ4v) is 2.72. The first-order chi connectivity index (χ1) is 13.4. The van der Waals surface area contributed by atoms with E-state index in [1.165, 1.54) is 7.11 Å². The second kappa shape index (κ2) is 8.71. The number of halogens is 1. The first-order valence-corrected chi connectivity index (χ1v) is 9.01. The highest BCUT2D eigenvalue weighted by Gasteiger charge is 2.11. The first-order valence-electron chi connectivity index (χ1n) is 8.63. The fourth-order valence-electron chi connectivity index (χ4n) is 2.55. The van der Waals surface area contributed by atoms with E-state index in [1.54, 1.807) is 24.3 Å². The number of benzene rings is 2. The lowest BCUT2D eigenvalue weighted by molar-refractivity contribution is -0.118. The summed E-state index contributed by atoms with van der Waals surface area (Å²) in [5.41, 5.74) is 3.26. The van der Waals surface area contributed by atoms with E-state index in [1.807, 2.05) is 38.1 Å². The molecule has 0 aliphatic heterocycles. The van der Waals surface area contributed by atoms with Crippen LogP contribution in [-0.2, 0) is 4.79 Å². The summed E-state index contributed by atoms with van der Waals surface area (Å²) in [6, 6.07) is 14.6. The van der Waals surface area contributed by atoms with Gasteiger partial charge in [0.15, 0.2) is 12.4 Å². The van der Waals surface area contributed by atoms with Gasteiger partial charge in [0.05, 0.1) is 12.8 Å². The molecule has 6 nitrogen and oxygen atoms in total. The summed E-state index contributed by atoms with van der Waals surface area (Å²) >= 11 is 5.98. The van der Waals surface area contributed by atoms with E-state index in [-0.39, 0.29) is 12.5 Å². The van der Waals surface area contributed by atoms with Gasteiger partial charge in [0, 0.05) is 22.3 Å². The minimum absolute atomic E-state index is 0.209. The standard InChI is InChI=1S/C21H20ClN3O3/c1-13-4-6-15(7-5-13)21-23-14(2)10-20(25-21)28-12-19(26)24-17-11-16(22)8-9-18(17)27-3/h4-11H,12H2,1-3H3,(H,24,26). The van der Waals surface area contributed by atoms with Crippen molar-refractivity contribution in [2.45, 2.75) is 13.8 Å². The summed E-state index contributed by atoms with van der Waals surface area (Å²) in [7, 11) is 1.52. The monoisotopic (exact) mass is 397 g/mol. The number of carbonyl (C=O) groups excluding carboxylic acids is 1. The molecule has 0 atom stereocenters. The largest absolute Gasteiger partial charge is 0.495 e. The number of amides is 1. The second-order valence-corrected chi connectivity index (χ2v) is 6.66. The Morgan fingerprint density at radius 1 is 1.07 bits per heavy atom. The third-order valence-corrected chi connectivity index (χ3v) is 4.16. The van der Waals surface area contributed by atoms with E-state index in [0.29, 0.717) is 28.2 Å². The van der Waals surface area contributed by atoms with Gasteiger partial charge >= 0.3 is 0 Å². The van der Waals surface area contributed by atoms with E-state index in [4.69, 9.17) is 21.1 Å². The number of nitrogens with zero attached hydrogens (tertiary/aromatic N) is 2. The van der Waals surface area contributed by atoms with Crippen LogP contribution in [0.3, 0.4) is 0 Å². The molecule has 0 aliphatic carbocycles. The SMILES string of the molecule is COc1ccc(Cl)cc1NC(=O)COc1cc(C)nc(-c2ccc(C)cc2)n1. The summed E-state index contributed by atoms with van der Waals surface area (Å²) in [4.78, 5) is 21.1. The van der Waals surface area contributed by atoms with Crippen LogP contribution in [0.2, 0.25) is 5.02 Å². The Hall–Kier alpha value is -3.12. The number of aryl methyl sites for hydroxylation is 2. The Labute approximate surface area is 168 Å². The third kappa shape index (κ3) is 4.98. The molecule has 3 rings (SSSR count). The number of rotatable bonds is 6. The molecule has 0 radical (unpaired) electrons. The van der Waals surface area contributed by atoms with Crippen LogP contribution in [0.25, 0.3) is 11.4 Å². The maximum absolute atomic E-state index is 12.3. The Bertz CT molecular complexity index is 991. The average molecular weight is 398 g/mol. The average Bonchev–Trinajstić information content (AvgIpc) is 2.67. The van der Waals surface area contributed by atoms with E-state index in [9.17, 15) is 4.79 Å². The molecule has 0 spiro atoms. The van der Waals surface area contributed by atoms with Crippen LogP contribution in [0.1, 0.15) is 11.3 Å². The summed E-state index contributed by atoms with van der Waals surface area (Å²) in [6.45, 7) is 3.66. The Balaban J connectivity index is 1.70. The van der Waals surface area contributed by atoms with E-state index in [2.05, 4.69) is 15.3 Å². The van der Waals surface area contributed by atoms with Gasteiger partial charge in [-0.15, -0.1) is 0 Å². The van der Waals surface area contributed by atoms with Crippen molar-refractivity contribution in [1.82, 2.24) is 9.97 Å². The van der Waals surface area contributed by atoms with Crippen molar-refractivity contribution in [2.24, 2.45) is 0 Å². The van der Waals surface area contributed by atoms with Crippen molar-refractivity contribution in [3.8, 4) is 23.0 Å². The van der Waals surface area contributed by atoms with E-state index in [0.717, 1.165) is 16.8 Å². The van der Waals surface area contributed by atoms with Crippen LogP contribution in [0, 0.1) is 13.8 Å². The van der Waals surface area contributed by atoms with Crippen molar-refractivity contribution in [2.75, 3.05) is 19.0 Å². The number of anilines is 1. The summed E-state index contributed by atoms with van der Waals surface area (Å²) in [5, 5.41) is 3.21. The van der Waals surface area contributed by atoms with Crippen LogP contribution in [-0.4, -0.2) is 29.6 Å². The highest BCUT2D eigenvalue weighted by Crippen LogP contribution is 2.27. The predicted molar refractivity (Wildman–Crippen MR) is 109 cm³/mol. The number of hydrogen-bond donors (Lipinski definition) is 1. The van der Waals surface area contributed by atoms with Gasteiger partial charge in [0.25, 0.3) is 5.91 Å². The van der Waals surface area contributed by atoms with Crippen molar-refractivity contribution in [1.29, 1.82) is 0 Å². The van der Waals surface area contributed by atoms with Crippen LogP contribution < -0.4 is 14.8 Å². The predicted octanol–water partition coefficient (Wildman–Crippen LogP) is 4.44. The van der Waals surface area contributed by atoms with Crippen LogP contribution >= 0.6 is 11.6 Å². The Kier molecular flexibility index (Phi) is 6.11. The third-order valence-electron chi connectivity index (χ3n) is 3.93. The van der Waals surface area contributed by atoms with Gasteiger partial charge in [-0.1, -0.05) is 41.4 Å². The molecule has 0 saturated carbocycles. The molecule has 1 aromatic heterocycles. The lowest BCUT2D eigenvalue weighted by atomic mass is 10.1. The molecular weight excluding hydrogens is 378 g/mol. The molecule has 0 unspecified atom stereocenters. The van der Waals surface area contributed by atoms with Crippen LogP contribution in [0.5, 0.6) is 11.6 Å². The molecule has 1 N–H and O–H groups in total. The topological polar surface area (TPSA) is 73.3 Å². The molecule has 1 amide bonds. The number of methoxy groups -OCH3 is 1. The minimum atomic E-state index is -0.353. The normalized spacial score (nSPS) is 10.4. The maximum Gasteiger partial charge on any atom is 0.262 e. The zero-order valence-corrected chi connectivity index (χ0v) is 16.6. The van der Waals surface area contributed by atoms with Crippen molar-refractivity contribution < 1.29 is 14.3 Å². The molecule has 1 heterocycles. The van der Waals surface area contributed by atoms with Crippen molar-refractivity contribution in [3.63, 3.8) is 0 Å². The highest BCUT2D eigenvalue weighted by molar-refractivity contribution is 6.31. The lowest BCUT2D eigenvalue weighted by Crippen LogP contribution is -2.21. The van der Waals surface area contributed by atoms with Gasteiger partial charge in [-0.05, 0) is 32.0 Å². The molecule has 0 bridgehead atoms. The summed E-state index contributed by atoms with van der Waals surface area (Å²) in [6.07, 6.45) is 0. The molecule has 28 heavy (non-hydrogen) atoms. The van der Waals surface area contributed by atoms with Crippen LogP contribution in [0.4, 0.5) is 5.69 Å². The summed E-state index contributed by atoms with van der Waals surface area (Å²) in [5.74, 6) is 1.04. The molecule has 7 heteroatoms. The fraction of sp³-hybridized carbons (Fsp3) is 0.190. The van der Waals surface area contributed by atoms with Crippen molar-refractivity contribution in [3.05, 3.63) is 64.8 Å². The molecule has 0 aliphatic rings. The maximum atomic E-state index is 12.3. The molecular formula is C21H20ClN3O3. The van der Waals surface area contributed by atoms with Crippen molar-refractivity contribution >= 4 is 23.2 Å². The summed E-state index contributed by atoms with van der Waals surface area (Å²) < 4.78 is 10.8. The quantitative estimate of drug-likeness (QED) is 0.665. The Morgan fingerprint density at radius 2 is 1.82 bits per heavy atom. The van der Waals surface area contributed by atoms with Gasteiger partial charge in [-0.25, -0.2) is 4.98 Å². The molecule has 144 valence electrons. The number of aromatic nitrogens is 2. The molecule has 2 aromatic carbocycles. The van der Waals surface area contributed by atoms with Gasteiger partial charge in [-0.3, -0.25) is 4.79 Å². The van der Waals surface area contributed by atoms with E-state index >= 15 is 0 Å². The molecule has 3 aromatic rings. The van der Waals surface area contributed by atoms with Gasteiger partial charge in [0.1, 0.15) is 5.75 Å². The first kappa shape index (κ1) is 19.6. The number of nitrogens with one attached hydrogen (secondary N) is 1. The Morgan fingerprint density at radius 3 is 2.54 bits per heavy atom. The van der Waals surface area contributed by atoms with Gasteiger partial charge < -0.3 is 14.8 Å². The minimum Gasteiger partial charge on any atom is -0.495 e. The second-order valence-electron chi connectivity index (χ2n) is 6.22. The van der Waals surface area contributed by atoms with Crippen LogP contribution in [0.15, 0.2) is 48.5 Å². The zero-order valence-electron chi connectivity index (χ0n) is 15.8. The number of carbonyl (C=O) groups is 1. The smallest absolute Gasteiger partial charge is 0.262 e. The van der Waals surface area contributed by atoms with Gasteiger partial charge in [0.2, 0.25) is 5.88 Å². The molecule has 0 saturated heterocycles. The number of ether oxygens (including phenoxy) is 2. The lowest BCUT2D eigenvalue weighted by Gasteiger charge is -2.11. The van der Waals surface area contributed by atoms with Gasteiger partial charge in [-0.2, -0.15) is 4.98 Å². The zero-order chi connectivity index (χ0) is 20.1. The van der Waals surface area contributed by atoms with E-state index < -0.39 is 0 Å².